The maximum atomic E-state index is 12.1. The van der Waals surface area contributed by atoms with Crippen molar-refractivity contribution in [2.45, 2.75) is 11.7 Å². The van der Waals surface area contributed by atoms with Gasteiger partial charge in [-0.05, 0) is 24.3 Å². The van der Waals surface area contributed by atoms with Crippen LogP contribution in [0.5, 0.6) is 0 Å². The van der Waals surface area contributed by atoms with Crippen LogP contribution in [0.2, 0.25) is 0 Å². The number of nitrogens with one attached hydrogen (secondary N) is 1. The molecule has 0 bridgehead atoms. The molecule has 3 rings (SSSR count). The van der Waals surface area contributed by atoms with Gasteiger partial charge < -0.3 is 10.2 Å². The van der Waals surface area contributed by atoms with Crippen LogP contribution in [0.4, 0.5) is 10.8 Å². The summed E-state index contributed by atoms with van der Waals surface area (Å²) in [6.07, 6.45) is 3.45. The van der Waals surface area contributed by atoms with Gasteiger partial charge in [-0.15, -0.1) is 28.1 Å². The van der Waals surface area contributed by atoms with Crippen LogP contribution in [0.1, 0.15) is 0 Å². The number of thiazole rings is 1. The molecule has 2 heterocycles. The maximum absolute atomic E-state index is 12.1. The molecular formula is C18H20N6OS2. The lowest BCUT2D eigenvalue weighted by atomic mass is 10.2. The number of hydrogen-bond acceptors (Lipinski definition) is 7. The number of nitrogens with zero attached hydrogens (tertiary/aromatic N) is 5. The summed E-state index contributed by atoms with van der Waals surface area (Å²) >= 11 is 2.73. The van der Waals surface area contributed by atoms with Crippen molar-refractivity contribution in [1.82, 2.24) is 19.7 Å². The van der Waals surface area contributed by atoms with Crippen molar-refractivity contribution in [2.75, 3.05) is 30.1 Å². The zero-order valence-corrected chi connectivity index (χ0v) is 16.8. The fraction of sp³-hybridized carbons (Fsp3) is 0.222. The van der Waals surface area contributed by atoms with E-state index in [1.807, 2.05) is 53.2 Å². The van der Waals surface area contributed by atoms with Crippen LogP contribution in [0.25, 0.3) is 11.4 Å². The lowest BCUT2D eigenvalue weighted by Crippen LogP contribution is -2.14. The molecule has 0 aliphatic heterocycles. The van der Waals surface area contributed by atoms with Gasteiger partial charge in [0.1, 0.15) is 0 Å². The summed E-state index contributed by atoms with van der Waals surface area (Å²) in [5.74, 6) is 0.858. The average molecular weight is 401 g/mol. The summed E-state index contributed by atoms with van der Waals surface area (Å²) in [7, 11) is 4.00. The standard InChI is InChI=1S/C18H20N6OS2/c1-4-10-24-16(13-5-7-14(8-6-13)23(2)3)21-22-18(24)27-12-15(25)20-17-19-9-11-26-17/h4-9,11H,1,10,12H2,2-3H3,(H,19,20,25). The number of rotatable bonds is 8. The van der Waals surface area contributed by atoms with E-state index in [-0.39, 0.29) is 11.7 Å². The minimum atomic E-state index is -0.125. The van der Waals surface area contributed by atoms with Gasteiger partial charge in [-0.25, -0.2) is 4.98 Å². The molecule has 1 amide bonds. The molecule has 0 saturated carbocycles. The lowest BCUT2D eigenvalue weighted by molar-refractivity contribution is -0.113. The second kappa shape index (κ2) is 8.83. The molecule has 0 atom stereocenters. The van der Waals surface area contributed by atoms with Crippen molar-refractivity contribution in [3.63, 3.8) is 0 Å². The summed E-state index contributed by atoms with van der Waals surface area (Å²) in [5, 5.41) is 14.4. The van der Waals surface area contributed by atoms with E-state index in [0.29, 0.717) is 16.8 Å². The Morgan fingerprint density at radius 1 is 1.33 bits per heavy atom. The molecular weight excluding hydrogens is 380 g/mol. The normalized spacial score (nSPS) is 10.6. The number of carbonyl (C=O) groups is 1. The first kappa shape index (κ1) is 19.1. The molecule has 1 N–H and O–H groups in total. The number of aromatic nitrogens is 4. The molecule has 140 valence electrons. The van der Waals surface area contributed by atoms with Crippen LogP contribution >= 0.6 is 23.1 Å². The summed E-state index contributed by atoms with van der Waals surface area (Å²) in [5.41, 5.74) is 2.08. The molecule has 2 aromatic heterocycles. The zero-order chi connectivity index (χ0) is 19.2. The molecule has 7 nitrogen and oxygen atoms in total. The fourth-order valence-electron chi connectivity index (χ4n) is 2.38. The van der Waals surface area contributed by atoms with Gasteiger partial charge in [0.15, 0.2) is 16.1 Å². The highest BCUT2D eigenvalue weighted by molar-refractivity contribution is 7.99. The van der Waals surface area contributed by atoms with Gasteiger partial charge in [-0.3, -0.25) is 9.36 Å². The average Bonchev–Trinajstić information content (AvgIpc) is 3.30. The predicted octanol–water partition coefficient (Wildman–Crippen LogP) is 3.38. The first-order valence-corrected chi connectivity index (χ1v) is 10.1. The Kier molecular flexibility index (Phi) is 6.25. The van der Waals surface area contributed by atoms with Crippen molar-refractivity contribution in [1.29, 1.82) is 0 Å². The second-order valence-electron chi connectivity index (χ2n) is 5.82. The Morgan fingerprint density at radius 2 is 2.11 bits per heavy atom. The van der Waals surface area contributed by atoms with Gasteiger partial charge >= 0.3 is 0 Å². The van der Waals surface area contributed by atoms with Gasteiger partial charge in [0, 0.05) is 43.5 Å². The number of allylic oxidation sites excluding steroid dienone is 1. The van der Waals surface area contributed by atoms with Crippen molar-refractivity contribution in [2.24, 2.45) is 0 Å². The van der Waals surface area contributed by atoms with Gasteiger partial charge in [0.25, 0.3) is 0 Å². The lowest BCUT2D eigenvalue weighted by Gasteiger charge is -2.13. The highest BCUT2D eigenvalue weighted by Crippen LogP contribution is 2.26. The van der Waals surface area contributed by atoms with E-state index in [1.165, 1.54) is 23.1 Å². The molecule has 0 aliphatic rings. The molecule has 0 spiro atoms. The Morgan fingerprint density at radius 3 is 2.74 bits per heavy atom. The smallest absolute Gasteiger partial charge is 0.236 e. The van der Waals surface area contributed by atoms with Crippen LogP contribution in [0.15, 0.2) is 53.7 Å². The summed E-state index contributed by atoms with van der Waals surface area (Å²) in [4.78, 5) is 18.2. The zero-order valence-electron chi connectivity index (χ0n) is 15.1. The minimum Gasteiger partial charge on any atom is -0.378 e. The molecule has 0 aliphatic carbocycles. The monoisotopic (exact) mass is 400 g/mol. The number of hydrogen-bond donors (Lipinski definition) is 1. The van der Waals surface area contributed by atoms with Crippen molar-refractivity contribution >= 4 is 39.8 Å². The Balaban J connectivity index is 1.74. The largest absolute Gasteiger partial charge is 0.378 e. The number of benzene rings is 1. The molecule has 0 radical (unpaired) electrons. The van der Waals surface area contributed by atoms with Crippen LogP contribution in [-0.4, -0.2) is 45.5 Å². The Bertz CT molecular complexity index is 903. The summed E-state index contributed by atoms with van der Waals surface area (Å²) < 4.78 is 1.96. The van der Waals surface area contributed by atoms with Crippen LogP contribution in [0.3, 0.4) is 0 Å². The second-order valence-corrected chi connectivity index (χ2v) is 7.66. The Labute approximate surface area is 166 Å². The van der Waals surface area contributed by atoms with Gasteiger partial charge in [-0.2, -0.15) is 0 Å². The molecule has 1 aromatic carbocycles. The number of thioether (sulfide) groups is 1. The SMILES string of the molecule is C=CCn1c(SCC(=O)Nc2nccs2)nnc1-c1ccc(N(C)C)cc1. The van der Waals surface area contributed by atoms with E-state index in [1.54, 1.807) is 12.3 Å². The molecule has 0 unspecified atom stereocenters. The van der Waals surface area contributed by atoms with Gasteiger partial charge in [0.05, 0.1) is 5.75 Å². The molecule has 9 heteroatoms. The minimum absolute atomic E-state index is 0.125. The van der Waals surface area contributed by atoms with Crippen molar-refractivity contribution in [3.8, 4) is 11.4 Å². The summed E-state index contributed by atoms with van der Waals surface area (Å²) in [6, 6.07) is 8.11. The number of amides is 1. The maximum Gasteiger partial charge on any atom is 0.236 e. The highest BCUT2D eigenvalue weighted by atomic mass is 32.2. The Hall–Kier alpha value is -2.65. The van der Waals surface area contributed by atoms with E-state index in [0.717, 1.165) is 17.1 Å². The van der Waals surface area contributed by atoms with Crippen molar-refractivity contribution in [3.05, 3.63) is 48.5 Å². The van der Waals surface area contributed by atoms with Gasteiger partial charge in [0.2, 0.25) is 5.91 Å². The van der Waals surface area contributed by atoms with Crippen LogP contribution in [0, 0.1) is 0 Å². The number of anilines is 2. The molecule has 0 fully saturated rings. The van der Waals surface area contributed by atoms with E-state index >= 15 is 0 Å². The highest BCUT2D eigenvalue weighted by Gasteiger charge is 2.15. The first-order valence-electron chi connectivity index (χ1n) is 8.22. The summed E-state index contributed by atoms with van der Waals surface area (Å²) in [6.45, 7) is 4.38. The van der Waals surface area contributed by atoms with E-state index < -0.39 is 0 Å². The fourth-order valence-corrected chi connectivity index (χ4v) is 3.67. The third kappa shape index (κ3) is 4.75. The van der Waals surface area contributed by atoms with E-state index in [9.17, 15) is 4.79 Å². The van der Waals surface area contributed by atoms with Crippen LogP contribution < -0.4 is 10.2 Å². The van der Waals surface area contributed by atoms with E-state index in [2.05, 4.69) is 27.1 Å². The third-order valence-electron chi connectivity index (χ3n) is 3.68. The molecule has 27 heavy (non-hydrogen) atoms. The quantitative estimate of drug-likeness (QED) is 0.461. The van der Waals surface area contributed by atoms with Crippen LogP contribution in [-0.2, 0) is 11.3 Å². The predicted molar refractivity (Wildman–Crippen MR) is 111 cm³/mol. The van der Waals surface area contributed by atoms with Gasteiger partial charge in [-0.1, -0.05) is 17.8 Å². The molecule has 3 aromatic rings. The van der Waals surface area contributed by atoms with Crippen molar-refractivity contribution < 1.29 is 4.79 Å². The topological polar surface area (TPSA) is 75.9 Å². The third-order valence-corrected chi connectivity index (χ3v) is 5.34. The van der Waals surface area contributed by atoms with E-state index in [4.69, 9.17) is 0 Å². The number of carbonyl (C=O) groups excluding carboxylic acids is 1. The first-order chi connectivity index (χ1) is 13.1. The molecule has 0 saturated heterocycles.